The Morgan fingerprint density at radius 1 is 1.33 bits per heavy atom. The fraction of sp³-hybridized carbons (Fsp3) is 0.550. The number of fused-ring (bicyclic) bond motifs is 4. The van der Waals surface area contributed by atoms with Gasteiger partial charge in [-0.1, -0.05) is 23.4 Å². The van der Waals surface area contributed by atoms with Gasteiger partial charge in [-0.2, -0.15) is 0 Å². The minimum Gasteiger partial charge on any atom is -0.342 e. The molecule has 6 rings (SSSR count). The van der Waals surface area contributed by atoms with Crippen LogP contribution < -0.4 is 0 Å². The van der Waals surface area contributed by atoms with Gasteiger partial charge < -0.3 is 14.0 Å². The highest BCUT2D eigenvalue weighted by Crippen LogP contribution is 2.62. The number of carbonyl (C=O) groups is 1. The van der Waals surface area contributed by atoms with E-state index in [0.29, 0.717) is 5.15 Å². The van der Waals surface area contributed by atoms with E-state index in [1.807, 2.05) is 30.7 Å². The smallest absolute Gasteiger partial charge is 0.163 e. The zero-order chi connectivity index (χ0) is 18.6. The van der Waals surface area contributed by atoms with Crippen molar-refractivity contribution >= 4 is 28.4 Å². The van der Waals surface area contributed by atoms with E-state index in [9.17, 15) is 4.79 Å². The highest BCUT2D eigenvalue weighted by Gasteiger charge is 2.73. The van der Waals surface area contributed by atoms with Gasteiger partial charge in [-0.05, 0) is 32.8 Å². The Labute approximate surface area is 161 Å². The maximum atomic E-state index is 13.3. The summed E-state index contributed by atoms with van der Waals surface area (Å²) in [5.41, 5.74) is -0.0343. The van der Waals surface area contributed by atoms with Gasteiger partial charge in [0.2, 0.25) is 0 Å². The molecule has 0 aromatic carbocycles. The minimum atomic E-state index is -0.766. The SMILES string of the molecule is CC1(C)O[C@H]2[C@H](n3ccc4c(Cl)ncnc43)[C@H]3C#C[C@@]3(C(=O)C3CC3)[C@H]2O1. The van der Waals surface area contributed by atoms with Crippen molar-refractivity contribution < 1.29 is 14.3 Å². The fourth-order valence-electron chi connectivity index (χ4n) is 5.03. The van der Waals surface area contributed by atoms with Crippen molar-refractivity contribution in [1.82, 2.24) is 14.5 Å². The molecule has 0 radical (unpaired) electrons. The Hall–Kier alpha value is -1.94. The fourth-order valence-corrected chi connectivity index (χ4v) is 5.22. The zero-order valence-electron chi connectivity index (χ0n) is 15.0. The Balaban J connectivity index is 1.52. The summed E-state index contributed by atoms with van der Waals surface area (Å²) in [6, 6.07) is 1.76. The molecule has 6 nitrogen and oxygen atoms in total. The molecule has 0 spiro atoms. The molecule has 4 aliphatic rings. The van der Waals surface area contributed by atoms with Gasteiger partial charge in [0.05, 0.1) is 17.3 Å². The third-order valence-corrected chi connectivity index (χ3v) is 6.62. The van der Waals surface area contributed by atoms with Crippen molar-refractivity contribution in [1.29, 1.82) is 0 Å². The number of rotatable bonds is 3. The molecule has 5 atom stereocenters. The predicted octanol–water partition coefficient (Wildman–Crippen LogP) is 2.76. The maximum absolute atomic E-state index is 13.3. The molecular formula is C20H18ClN3O3. The summed E-state index contributed by atoms with van der Waals surface area (Å²) >= 11 is 6.24. The van der Waals surface area contributed by atoms with Crippen molar-refractivity contribution in [3.05, 3.63) is 23.7 Å². The molecule has 2 aromatic heterocycles. The summed E-state index contributed by atoms with van der Waals surface area (Å²) in [6.45, 7) is 3.79. The van der Waals surface area contributed by atoms with E-state index in [1.54, 1.807) is 0 Å². The van der Waals surface area contributed by atoms with Gasteiger partial charge in [0.15, 0.2) is 11.6 Å². The molecule has 1 saturated heterocycles. The molecule has 0 bridgehead atoms. The molecule has 0 N–H and O–H groups in total. The Morgan fingerprint density at radius 3 is 2.85 bits per heavy atom. The summed E-state index contributed by atoms with van der Waals surface area (Å²) in [6.07, 6.45) is 4.68. The third-order valence-electron chi connectivity index (χ3n) is 6.32. The van der Waals surface area contributed by atoms with Crippen molar-refractivity contribution in [2.75, 3.05) is 0 Å². The highest BCUT2D eigenvalue weighted by atomic mass is 35.5. The Morgan fingerprint density at radius 2 is 2.15 bits per heavy atom. The van der Waals surface area contributed by atoms with Gasteiger partial charge in [0.1, 0.15) is 34.8 Å². The summed E-state index contributed by atoms with van der Waals surface area (Å²) in [4.78, 5) is 21.8. The highest BCUT2D eigenvalue weighted by molar-refractivity contribution is 6.33. The van der Waals surface area contributed by atoms with Crippen LogP contribution in [0.25, 0.3) is 11.0 Å². The van der Waals surface area contributed by atoms with Crippen LogP contribution in [0.2, 0.25) is 5.15 Å². The molecule has 1 aliphatic heterocycles. The molecule has 3 heterocycles. The van der Waals surface area contributed by atoms with Gasteiger partial charge in [-0.3, -0.25) is 4.79 Å². The average Bonchev–Trinajstić information content (AvgIpc) is 3.24. The van der Waals surface area contributed by atoms with Gasteiger partial charge in [0, 0.05) is 12.1 Å². The second kappa shape index (κ2) is 4.91. The number of carbonyl (C=O) groups excluding carboxylic acids is 1. The average molecular weight is 384 g/mol. The number of Topliss-reactive ketones (excluding diaryl/α,β-unsaturated/α-hetero) is 1. The van der Waals surface area contributed by atoms with Crippen molar-refractivity contribution in [2.45, 2.75) is 50.7 Å². The van der Waals surface area contributed by atoms with E-state index in [2.05, 4.69) is 21.8 Å². The first-order valence-electron chi connectivity index (χ1n) is 9.32. The van der Waals surface area contributed by atoms with Crippen molar-refractivity contribution in [3.63, 3.8) is 0 Å². The monoisotopic (exact) mass is 383 g/mol. The molecule has 3 fully saturated rings. The van der Waals surface area contributed by atoms with E-state index < -0.39 is 11.2 Å². The first kappa shape index (κ1) is 16.1. The molecule has 27 heavy (non-hydrogen) atoms. The topological polar surface area (TPSA) is 66.2 Å². The lowest BCUT2D eigenvalue weighted by molar-refractivity contribution is -0.173. The van der Waals surface area contributed by atoms with E-state index in [4.69, 9.17) is 21.1 Å². The Kier molecular flexibility index (Phi) is 2.92. The molecule has 3 aliphatic carbocycles. The second-order valence-corrected chi connectivity index (χ2v) is 8.75. The maximum Gasteiger partial charge on any atom is 0.163 e. The van der Waals surface area contributed by atoms with E-state index in [0.717, 1.165) is 23.9 Å². The minimum absolute atomic E-state index is 0.118. The van der Waals surface area contributed by atoms with Gasteiger partial charge in [-0.25, -0.2) is 9.97 Å². The lowest BCUT2D eigenvalue weighted by Crippen LogP contribution is -2.49. The Bertz CT molecular complexity index is 1060. The lowest BCUT2D eigenvalue weighted by Gasteiger charge is -2.38. The lowest BCUT2D eigenvalue weighted by atomic mass is 9.65. The standard InChI is InChI=1S/C20H18ClN3O3/c1-19(2)26-14-13(24-8-6-11-17(21)22-9-23-18(11)24)12-5-7-20(12,16(14)27-19)15(25)10-3-4-10/h6,8-10,12-14,16H,3-4H2,1-2H3/t12-,13-,14+,16+,20-/m1/s1. The predicted molar refractivity (Wildman–Crippen MR) is 96.8 cm³/mol. The van der Waals surface area contributed by atoms with Gasteiger partial charge in [-0.15, -0.1) is 0 Å². The van der Waals surface area contributed by atoms with E-state index in [1.165, 1.54) is 6.33 Å². The number of aromatic nitrogens is 3. The number of hydrogen-bond acceptors (Lipinski definition) is 5. The number of ketones is 1. The van der Waals surface area contributed by atoms with Crippen LogP contribution in [0, 0.1) is 29.1 Å². The first-order valence-corrected chi connectivity index (χ1v) is 9.70. The van der Waals surface area contributed by atoms with E-state index >= 15 is 0 Å². The van der Waals surface area contributed by atoms with Crippen molar-refractivity contribution in [2.24, 2.45) is 17.3 Å². The quantitative estimate of drug-likeness (QED) is 0.602. The number of nitrogens with zero attached hydrogens (tertiary/aromatic N) is 3. The summed E-state index contributed by atoms with van der Waals surface area (Å²) in [5.74, 6) is 5.95. The number of halogens is 1. The van der Waals surface area contributed by atoms with Crippen LogP contribution in [0.1, 0.15) is 32.7 Å². The van der Waals surface area contributed by atoms with Crippen LogP contribution in [0.4, 0.5) is 0 Å². The van der Waals surface area contributed by atoms with Crippen LogP contribution in [0.3, 0.4) is 0 Å². The summed E-state index contributed by atoms with van der Waals surface area (Å²) in [5, 5.41) is 1.20. The van der Waals surface area contributed by atoms with Crippen LogP contribution in [-0.2, 0) is 14.3 Å². The third kappa shape index (κ3) is 1.92. The van der Waals surface area contributed by atoms with Gasteiger partial charge >= 0.3 is 0 Å². The van der Waals surface area contributed by atoms with Crippen LogP contribution >= 0.6 is 11.6 Å². The molecule has 2 aromatic rings. The van der Waals surface area contributed by atoms with Crippen molar-refractivity contribution in [3.8, 4) is 11.8 Å². The molecular weight excluding hydrogens is 366 g/mol. The first-order chi connectivity index (χ1) is 12.9. The molecule has 0 amide bonds. The molecule has 7 heteroatoms. The molecule has 2 saturated carbocycles. The molecule has 0 unspecified atom stereocenters. The normalized spacial score (nSPS) is 38.0. The molecule has 138 valence electrons. The number of ether oxygens (including phenoxy) is 2. The summed E-state index contributed by atoms with van der Waals surface area (Å²) in [7, 11) is 0. The second-order valence-electron chi connectivity index (χ2n) is 8.39. The summed E-state index contributed by atoms with van der Waals surface area (Å²) < 4.78 is 14.6. The zero-order valence-corrected chi connectivity index (χ0v) is 15.7. The van der Waals surface area contributed by atoms with Gasteiger partial charge in [0.25, 0.3) is 0 Å². The largest absolute Gasteiger partial charge is 0.342 e. The van der Waals surface area contributed by atoms with Crippen LogP contribution in [0.15, 0.2) is 18.6 Å². The van der Waals surface area contributed by atoms with Crippen LogP contribution in [0.5, 0.6) is 0 Å². The van der Waals surface area contributed by atoms with E-state index in [-0.39, 0.29) is 35.9 Å². The van der Waals surface area contributed by atoms with Crippen LogP contribution in [-0.4, -0.2) is 38.3 Å². The number of hydrogen-bond donors (Lipinski definition) is 0.